The van der Waals surface area contributed by atoms with E-state index in [1.165, 1.54) is 24.1 Å². The molecule has 1 saturated heterocycles. The van der Waals surface area contributed by atoms with Crippen molar-refractivity contribution >= 4 is 5.69 Å². The smallest absolute Gasteiger partial charge is 0.0585 e. The van der Waals surface area contributed by atoms with Gasteiger partial charge >= 0.3 is 0 Å². The SMILES string of the molecule is CCCC1(c2cccc(NC)c2)COC1. The van der Waals surface area contributed by atoms with E-state index in [-0.39, 0.29) is 0 Å². The van der Waals surface area contributed by atoms with E-state index in [0.29, 0.717) is 5.41 Å². The molecule has 0 atom stereocenters. The van der Waals surface area contributed by atoms with Gasteiger partial charge in [0.15, 0.2) is 0 Å². The monoisotopic (exact) mass is 205 g/mol. The summed E-state index contributed by atoms with van der Waals surface area (Å²) in [7, 11) is 1.96. The van der Waals surface area contributed by atoms with Gasteiger partial charge in [-0.25, -0.2) is 0 Å². The van der Waals surface area contributed by atoms with Crippen LogP contribution >= 0.6 is 0 Å². The third kappa shape index (κ3) is 1.86. The first-order valence-electron chi connectivity index (χ1n) is 5.67. The molecule has 1 aromatic rings. The summed E-state index contributed by atoms with van der Waals surface area (Å²) in [4.78, 5) is 0. The van der Waals surface area contributed by atoms with Gasteiger partial charge in [0.2, 0.25) is 0 Å². The molecule has 0 bridgehead atoms. The summed E-state index contributed by atoms with van der Waals surface area (Å²) in [6.07, 6.45) is 2.44. The second-order valence-corrected chi connectivity index (χ2v) is 4.35. The van der Waals surface area contributed by atoms with Gasteiger partial charge in [-0.2, -0.15) is 0 Å². The molecule has 0 saturated carbocycles. The van der Waals surface area contributed by atoms with Crippen molar-refractivity contribution in [1.29, 1.82) is 0 Å². The minimum absolute atomic E-state index is 0.293. The fraction of sp³-hybridized carbons (Fsp3) is 0.538. The lowest BCUT2D eigenvalue weighted by Gasteiger charge is -2.42. The Hall–Kier alpha value is -1.02. The minimum Gasteiger partial charge on any atom is -0.388 e. The number of benzene rings is 1. The van der Waals surface area contributed by atoms with Gasteiger partial charge in [0, 0.05) is 18.2 Å². The largest absolute Gasteiger partial charge is 0.388 e. The van der Waals surface area contributed by atoms with Gasteiger partial charge in [0.1, 0.15) is 0 Å². The molecule has 0 amide bonds. The molecule has 1 heterocycles. The van der Waals surface area contributed by atoms with E-state index in [2.05, 4.69) is 36.5 Å². The van der Waals surface area contributed by atoms with Crippen LogP contribution in [0.25, 0.3) is 0 Å². The highest BCUT2D eigenvalue weighted by atomic mass is 16.5. The van der Waals surface area contributed by atoms with Crippen molar-refractivity contribution in [3.05, 3.63) is 29.8 Å². The van der Waals surface area contributed by atoms with Crippen molar-refractivity contribution in [3.8, 4) is 0 Å². The Bertz CT molecular complexity index is 331. The van der Waals surface area contributed by atoms with Gasteiger partial charge in [0.25, 0.3) is 0 Å². The Balaban J connectivity index is 2.26. The first-order valence-corrected chi connectivity index (χ1v) is 5.67. The molecule has 0 unspecified atom stereocenters. The van der Waals surface area contributed by atoms with Gasteiger partial charge in [-0.15, -0.1) is 0 Å². The summed E-state index contributed by atoms with van der Waals surface area (Å²) in [5, 5.41) is 3.19. The first kappa shape index (κ1) is 10.5. The van der Waals surface area contributed by atoms with Gasteiger partial charge in [-0.05, 0) is 24.1 Å². The lowest BCUT2D eigenvalue weighted by molar-refractivity contribution is -0.0646. The van der Waals surface area contributed by atoms with Crippen LogP contribution in [0.3, 0.4) is 0 Å². The number of rotatable bonds is 4. The maximum atomic E-state index is 5.40. The van der Waals surface area contributed by atoms with Crippen LogP contribution in [0.2, 0.25) is 0 Å². The van der Waals surface area contributed by atoms with Crippen LogP contribution in [0.1, 0.15) is 25.3 Å². The summed E-state index contributed by atoms with van der Waals surface area (Å²) >= 11 is 0. The zero-order valence-corrected chi connectivity index (χ0v) is 9.55. The molecular formula is C13H19NO. The topological polar surface area (TPSA) is 21.3 Å². The van der Waals surface area contributed by atoms with Crippen molar-refractivity contribution in [1.82, 2.24) is 0 Å². The Morgan fingerprint density at radius 2 is 2.20 bits per heavy atom. The summed E-state index contributed by atoms with van der Waals surface area (Å²) in [6, 6.07) is 8.69. The average molecular weight is 205 g/mol. The van der Waals surface area contributed by atoms with Crippen molar-refractivity contribution in [3.63, 3.8) is 0 Å². The molecule has 1 fully saturated rings. The van der Waals surface area contributed by atoms with Crippen LogP contribution in [0.5, 0.6) is 0 Å². The van der Waals surface area contributed by atoms with Crippen molar-refractivity contribution in [2.24, 2.45) is 0 Å². The number of nitrogens with one attached hydrogen (secondary N) is 1. The summed E-state index contributed by atoms with van der Waals surface area (Å²) in [5.41, 5.74) is 2.90. The molecule has 0 radical (unpaired) electrons. The van der Waals surface area contributed by atoms with Gasteiger partial charge in [0.05, 0.1) is 13.2 Å². The molecule has 0 aromatic heterocycles. The van der Waals surface area contributed by atoms with Crippen LogP contribution in [-0.2, 0) is 10.2 Å². The molecule has 1 aliphatic heterocycles. The highest BCUT2D eigenvalue weighted by Crippen LogP contribution is 2.37. The molecular weight excluding hydrogens is 186 g/mol. The van der Waals surface area contributed by atoms with E-state index in [9.17, 15) is 0 Å². The summed E-state index contributed by atoms with van der Waals surface area (Å²) in [5.74, 6) is 0. The van der Waals surface area contributed by atoms with E-state index in [0.717, 1.165) is 13.2 Å². The normalized spacial score (nSPS) is 18.3. The van der Waals surface area contributed by atoms with Gasteiger partial charge in [-0.3, -0.25) is 0 Å². The number of hydrogen-bond donors (Lipinski definition) is 1. The molecule has 2 heteroatoms. The second-order valence-electron chi connectivity index (χ2n) is 4.35. The molecule has 1 N–H and O–H groups in total. The molecule has 1 aliphatic rings. The molecule has 82 valence electrons. The first-order chi connectivity index (χ1) is 7.30. The van der Waals surface area contributed by atoms with Gasteiger partial charge < -0.3 is 10.1 Å². The fourth-order valence-electron chi connectivity index (χ4n) is 2.29. The number of anilines is 1. The lowest BCUT2D eigenvalue weighted by atomic mass is 9.75. The quantitative estimate of drug-likeness (QED) is 0.816. The van der Waals surface area contributed by atoms with Crippen LogP contribution in [0.4, 0.5) is 5.69 Å². The lowest BCUT2D eigenvalue weighted by Crippen LogP contribution is -2.46. The highest BCUT2D eigenvalue weighted by molar-refractivity contribution is 5.47. The zero-order valence-electron chi connectivity index (χ0n) is 9.55. The second kappa shape index (κ2) is 4.23. The third-order valence-corrected chi connectivity index (χ3v) is 3.25. The Labute approximate surface area is 91.6 Å². The van der Waals surface area contributed by atoms with E-state index in [1.807, 2.05) is 7.05 Å². The van der Waals surface area contributed by atoms with Crippen LogP contribution in [-0.4, -0.2) is 20.3 Å². The number of hydrogen-bond acceptors (Lipinski definition) is 2. The Kier molecular flexibility index (Phi) is 2.96. The Morgan fingerprint density at radius 1 is 1.40 bits per heavy atom. The van der Waals surface area contributed by atoms with E-state index >= 15 is 0 Å². The fourth-order valence-corrected chi connectivity index (χ4v) is 2.29. The summed E-state index contributed by atoms with van der Waals surface area (Å²) in [6.45, 7) is 4.00. The van der Waals surface area contributed by atoms with E-state index in [4.69, 9.17) is 4.74 Å². The molecule has 0 spiro atoms. The highest BCUT2D eigenvalue weighted by Gasteiger charge is 2.39. The maximum Gasteiger partial charge on any atom is 0.0585 e. The standard InChI is InChI=1S/C13H19NO/c1-3-7-13(9-15-10-13)11-5-4-6-12(8-11)14-2/h4-6,8,14H,3,7,9-10H2,1-2H3. The summed E-state index contributed by atoms with van der Waals surface area (Å²) < 4.78 is 5.40. The predicted octanol–water partition coefficient (Wildman–Crippen LogP) is 2.80. The van der Waals surface area contributed by atoms with Gasteiger partial charge in [-0.1, -0.05) is 25.5 Å². The van der Waals surface area contributed by atoms with Crippen molar-refractivity contribution in [2.75, 3.05) is 25.6 Å². The van der Waals surface area contributed by atoms with E-state index in [1.54, 1.807) is 0 Å². The van der Waals surface area contributed by atoms with Crippen molar-refractivity contribution in [2.45, 2.75) is 25.2 Å². The molecule has 2 rings (SSSR count). The average Bonchev–Trinajstić information content (AvgIpc) is 2.23. The minimum atomic E-state index is 0.293. The van der Waals surface area contributed by atoms with E-state index < -0.39 is 0 Å². The molecule has 0 aliphatic carbocycles. The third-order valence-electron chi connectivity index (χ3n) is 3.25. The predicted molar refractivity (Wildman–Crippen MR) is 63.4 cm³/mol. The van der Waals surface area contributed by atoms with Crippen LogP contribution < -0.4 is 5.32 Å². The maximum absolute atomic E-state index is 5.40. The zero-order chi connectivity index (χ0) is 10.7. The molecule has 2 nitrogen and oxygen atoms in total. The Morgan fingerprint density at radius 3 is 2.73 bits per heavy atom. The van der Waals surface area contributed by atoms with Crippen molar-refractivity contribution < 1.29 is 4.74 Å². The molecule has 1 aromatic carbocycles. The van der Waals surface area contributed by atoms with Crippen LogP contribution in [0, 0.1) is 0 Å². The molecule has 15 heavy (non-hydrogen) atoms. The van der Waals surface area contributed by atoms with Crippen LogP contribution in [0.15, 0.2) is 24.3 Å². The number of ether oxygens (including phenoxy) is 1.